The van der Waals surface area contributed by atoms with Crippen molar-refractivity contribution < 1.29 is 19.4 Å². The average molecular weight is 553 g/mol. The molecule has 0 saturated carbocycles. The molecule has 0 radical (unpaired) electrons. The topological polar surface area (TPSA) is 70.1 Å². The highest BCUT2D eigenvalue weighted by Gasteiger charge is 2.42. The summed E-state index contributed by atoms with van der Waals surface area (Å²) in [7, 11) is 0. The number of carbonyl (C=O) groups is 2. The minimum Gasteiger partial charge on any atom is -0.478 e. The van der Waals surface area contributed by atoms with Gasteiger partial charge in [0.2, 0.25) is 0 Å². The first kappa shape index (κ1) is 29.7. The van der Waals surface area contributed by atoms with Crippen LogP contribution in [-0.4, -0.2) is 42.8 Å². The smallest absolute Gasteiger partial charge is 0.330 e. The normalized spacial score (nSPS) is 20.1. The fourth-order valence-corrected chi connectivity index (χ4v) is 5.95. The number of allylic oxidation sites excluding steroid dienone is 5. The van der Waals surface area contributed by atoms with Crippen LogP contribution in [0.2, 0.25) is 0 Å². The van der Waals surface area contributed by atoms with Crippen LogP contribution in [0.3, 0.4) is 0 Å². The van der Waals surface area contributed by atoms with Crippen LogP contribution in [0.1, 0.15) is 45.7 Å². The standard InChI is InChI=1S/C35H40N2O4/c1-6-41-33(40)23-15-25-37-29-19-13-11-17-27(29)35(4,5)31(37)21-9-7-8-20-30-34(2,3)26-16-10-12-18-28(26)36(30)24-14-22-32(38)39/h7-23,31H,6,24-25H2,1-5H3,(H,38,39)/b8-7+,21-9+,22-14+,23-15+,30-20+. The zero-order chi connectivity index (χ0) is 29.6. The number of fused-ring (bicyclic) bond motifs is 2. The van der Waals surface area contributed by atoms with Crippen molar-refractivity contribution in [3.05, 3.63) is 120 Å². The predicted molar refractivity (Wildman–Crippen MR) is 166 cm³/mol. The maximum absolute atomic E-state index is 11.9. The molecule has 4 rings (SSSR count). The van der Waals surface area contributed by atoms with Crippen LogP contribution in [0.25, 0.3) is 0 Å². The molecule has 0 aromatic heterocycles. The van der Waals surface area contributed by atoms with Crippen molar-refractivity contribution in [2.75, 3.05) is 29.5 Å². The molecule has 0 fully saturated rings. The SMILES string of the molecule is CCOC(=O)/C=C/CN1c2ccccc2C(C)(C)C1/C=C/C=C/C=C1/N(C/C=C/C(=O)O)c2ccccc2C1(C)C. The molecule has 0 aliphatic carbocycles. The number of para-hydroxylation sites is 2. The lowest BCUT2D eigenvalue weighted by Gasteiger charge is -2.31. The molecule has 6 heteroatoms. The van der Waals surface area contributed by atoms with E-state index in [9.17, 15) is 9.59 Å². The van der Waals surface area contributed by atoms with Crippen molar-refractivity contribution in [2.45, 2.75) is 51.5 Å². The van der Waals surface area contributed by atoms with Gasteiger partial charge in [-0.25, -0.2) is 9.59 Å². The fraction of sp³-hybridized carbons (Fsp3) is 0.314. The number of hydrogen-bond donors (Lipinski definition) is 1. The van der Waals surface area contributed by atoms with E-state index < -0.39 is 5.97 Å². The van der Waals surface area contributed by atoms with Crippen LogP contribution in [-0.2, 0) is 25.2 Å². The molecule has 1 atom stereocenters. The van der Waals surface area contributed by atoms with Gasteiger partial charge >= 0.3 is 11.9 Å². The van der Waals surface area contributed by atoms with E-state index in [1.807, 2.05) is 36.4 Å². The first-order valence-corrected chi connectivity index (χ1v) is 14.1. The Labute approximate surface area is 243 Å². The number of carboxylic acid groups (broad SMARTS) is 1. The van der Waals surface area contributed by atoms with Gasteiger partial charge in [-0.3, -0.25) is 0 Å². The summed E-state index contributed by atoms with van der Waals surface area (Å²) in [6.45, 7) is 12.1. The Hall–Kier alpha value is -4.32. The molecule has 2 heterocycles. The molecule has 214 valence electrons. The summed E-state index contributed by atoms with van der Waals surface area (Å²) in [5, 5.41) is 9.08. The number of carbonyl (C=O) groups excluding carboxylic acids is 1. The highest BCUT2D eigenvalue weighted by atomic mass is 16.5. The Bertz CT molecular complexity index is 1430. The van der Waals surface area contributed by atoms with Gasteiger partial charge in [0, 0.05) is 53.1 Å². The van der Waals surface area contributed by atoms with E-state index in [1.165, 1.54) is 29.0 Å². The Morgan fingerprint density at radius 2 is 1.54 bits per heavy atom. The number of esters is 1. The van der Waals surface area contributed by atoms with Gasteiger partial charge in [0.25, 0.3) is 0 Å². The number of nitrogens with zero attached hydrogens (tertiary/aromatic N) is 2. The number of anilines is 2. The quantitative estimate of drug-likeness (QED) is 0.201. The molecule has 0 amide bonds. The van der Waals surface area contributed by atoms with Crippen molar-refractivity contribution in [3.8, 4) is 0 Å². The van der Waals surface area contributed by atoms with Gasteiger partial charge in [0.1, 0.15) is 0 Å². The number of hydrogen-bond acceptors (Lipinski definition) is 5. The highest BCUT2D eigenvalue weighted by Crippen LogP contribution is 2.48. The lowest BCUT2D eigenvalue weighted by molar-refractivity contribution is -0.137. The number of carboxylic acids is 1. The van der Waals surface area contributed by atoms with Crippen LogP contribution in [0.4, 0.5) is 11.4 Å². The predicted octanol–water partition coefficient (Wildman–Crippen LogP) is 6.71. The minimum absolute atomic E-state index is 0.0916. The molecule has 2 aliphatic rings. The molecule has 0 spiro atoms. The molecule has 2 aliphatic heterocycles. The second-order valence-corrected chi connectivity index (χ2v) is 11.3. The van der Waals surface area contributed by atoms with Crippen LogP contribution in [0.15, 0.2) is 109 Å². The third-order valence-electron chi connectivity index (χ3n) is 7.94. The molecule has 41 heavy (non-hydrogen) atoms. The van der Waals surface area contributed by atoms with Gasteiger partial charge in [-0.15, -0.1) is 0 Å². The summed E-state index contributed by atoms with van der Waals surface area (Å²) >= 11 is 0. The van der Waals surface area contributed by atoms with Crippen molar-refractivity contribution >= 4 is 23.3 Å². The van der Waals surface area contributed by atoms with E-state index in [0.29, 0.717) is 19.7 Å². The van der Waals surface area contributed by atoms with Crippen molar-refractivity contribution in [1.29, 1.82) is 0 Å². The fourth-order valence-electron chi connectivity index (χ4n) is 5.95. The lowest BCUT2D eigenvalue weighted by atomic mass is 9.80. The van der Waals surface area contributed by atoms with Crippen molar-refractivity contribution in [2.24, 2.45) is 0 Å². The van der Waals surface area contributed by atoms with Gasteiger partial charge in [-0.2, -0.15) is 0 Å². The van der Waals surface area contributed by atoms with E-state index in [0.717, 1.165) is 11.4 Å². The van der Waals surface area contributed by atoms with Gasteiger partial charge in [-0.05, 0) is 36.3 Å². The average Bonchev–Trinajstić information content (AvgIpc) is 3.28. The van der Waals surface area contributed by atoms with Crippen LogP contribution < -0.4 is 9.80 Å². The summed E-state index contributed by atoms with van der Waals surface area (Å²) in [5.41, 5.74) is 5.52. The van der Waals surface area contributed by atoms with E-state index in [-0.39, 0.29) is 22.8 Å². The van der Waals surface area contributed by atoms with Crippen LogP contribution >= 0.6 is 0 Å². The summed E-state index contributed by atoms with van der Waals surface area (Å²) in [5.74, 6) is -1.28. The van der Waals surface area contributed by atoms with Gasteiger partial charge in [0.15, 0.2) is 0 Å². The third kappa shape index (κ3) is 6.22. The van der Waals surface area contributed by atoms with Crippen molar-refractivity contribution in [1.82, 2.24) is 0 Å². The maximum Gasteiger partial charge on any atom is 0.330 e. The van der Waals surface area contributed by atoms with Crippen LogP contribution in [0.5, 0.6) is 0 Å². The second-order valence-electron chi connectivity index (χ2n) is 11.3. The third-order valence-corrected chi connectivity index (χ3v) is 7.94. The summed E-state index contributed by atoms with van der Waals surface area (Å²) in [6, 6.07) is 16.8. The first-order valence-electron chi connectivity index (χ1n) is 14.1. The maximum atomic E-state index is 11.9. The van der Waals surface area contributed by atoms with Crippen LogP contribution in [0, 0.1) is 0 Å². The second kappa shape index (κ2) is 12.5. The van der Waals surface area contributed by atoms with Crippen molar-refractivity contribution in [3.63, 3.8) is 0 Å². The number of ether oxygens (including phenoxy) is 1. The minimum atomic E-state index is -0.949. The number of rotatable bonds is 10. The molecule has 2 aromatic rings. The summed E-state index contributed by atoms with van der Waals surface area (Å²) in [4.78, 5) is 27.4. The Balaban J connectivity index is 1.57. The van der Waals surface area contributed by atoms with Gasteiger partial charge < -0.3 is 19.6 Å². The highest BCUT2D eigenvalue weighted by molar-refractivity contribution is 5.82. The molecule has 2 aromatic carbocycles. The van der Waals surface area contributed by atoms with Gasteiger partial charge in [0.05, 0.1) is 12.6 Å². The molecule has 0 bridgehead atoms. The van der Waals surface area contributed by atoms with E-state index in [1.54, 1.807) is 13.0 Å². The number of aliphatic carboxylic acids is 1. The monoisotopic (exact) mass is 552 g/mol. The van der Waals surface area contributed by atoms with E-state index >= 15 is 0 Å². The summed E-state index contributed by atoms with van der Waals surface area (Å²) in [6.07, 6.45) is 16.8. The zero-order valence-corrected chi connectivity index (χ0v) is 24.6. The molecule has 0 saturated heterocycles. The van der Waals surface area contributed by atoms with E-state index in [2.05, 4.69) is 86.1 Å². The number of benzene rings is 2. The molecular formula is C35H40N2O4. The molecular weight excluding hydrogens is 512 g/mol. The molecule has 6 nitrogen and oxygen atoms in total. The Kier molecular flexibility index (Phi) is 9.01. The summed E-state index contributed by atoms with van der Waals surface area (Å²) < 4.78 is 5.05. The zero-order valence-electron chi connectivity index (χ0n) is 24.6. The molecule has 1 unspecified atom stereocenters. The van der Waals surface area contributed by atoms with E-state index in [4.69, 9.17) is 9.84 Å². The Morgan fingerprint density at radius 3 is 2.24 bits per heavy atom. The molecule has 1 N–H and O–H groups in total. The lowest BCUT2D eigenvalue weighted by Crippen LogP contribution is -2.40. The Morgan fingerprint density at radius 1 is 0.878 bits per heavy atom. The largest absolute Gasteiger partial charge is 0.478 e. The first-order chi connectivity index (χ1) is 19.6. The van der Waals surface area contributed by atoms with Gasteiger partial charge in [-0.1, -0.05) is 101 Å².